The molecule has 0 amide bonds. The summed E-state index contributed by atoms with van der Waals surface area (Å²) < 4.78 is 0. The third-order valence-electron chi connectivity index (χ3n) is 4.56. The quantitative estimate of drug-likeness (QED) is 0.495. The lowest BCUT2D eigenvalue weighted by molar-refractivity contribution is 0.779. The summed E-state index contributed by atoms with van der Waals surface area (Å²) in [6.45, 7) is 4.16. The lowest BCUT2D eigenvalue weighted by atomic mass is 9.80. The molecule has 0 heteroatoms. The second-order valence-corrected chi connectivity index (χ2v) is 5.79. The van der Waals surface area contributed by atoms with Crippen molar-refractivity contribution in [2.45, 2.75) is 19.3 Å². The van der Waals surface area contributed by atoms with E-state index in [0.717, 1.165) is 0 Å². The van der Waals surface area contributed by atoms with Gasteiger partial charge in [0.1, 0.15) is 0 Å². The Morgan fingerprint density at radius 2 is 1.43 bits per heavy atom. The fraction of sp³-hybridized carbons (Fsp3) is 0.143. The Bertz CT molecular complexity index is 921. The smallest absolute Gasteiger partial charge is 0.0795 e. The van der Waals surface area contributed by atoms with Crippen LogP contribution >= 0.6 is 0 Å². The van der Waals surface area contributed by atoms with Crippen LogP contribution in [0.25, 0.3) is 21.9 Å². The SMILES string of the molecule is CC#C[C@]1(C)c2ccccc2-c2cc3ccccc3cc21. The normalized spacial score (nSPS) is 18.8. The van der Waals surface area contributed by atoms with Gasteiger partial charge in [0.05, 0.1) is 5.41 Å². The van der Waals surface area contributed by atoms with Gasteiger partial charge in [-0.05, 0) is 59.0 Å². The molecule has 0 heterocycles. The van der Waals surface area contributed by atoms with E-state index in [1.54, 1.807) is 0 Å². The largest absolute Gasteiger partial charge is 0.105 e. The highest BCUT2D eigenvalue weighted by molar-refractivity contribution is 5.94. The van der Waals surface area contributed by atoms with E-state index < -0.39 is 0 Å². The highest BCUT2D eigenvalue weighted by Crippen LogP contribution is 2.49. The molecule has 0 radical (unpaired) electrons. The summed E-state index contributed by atoms with van der Waals surface area (Å²) in [4.78, 5) is 0. The number of hydrogen-bond donors (Lipinski definition) is 0. The minimum atomic E-state index is -0.204. The van der Waals surface area contributed by atoms with Crippen LogP contribution in [0, 0.1) is 11.8 Å². The van der Waals surface area contributed by atoms with E-state index in [9.17, 15) is 0 Å². The molecule has 100 valence electrons. The third-order valence-corrected chi connectivity index (χ3v) is 4.56. The van der Waals surface area contributed by atoms with Crippen LogP contribution in [0.15, 0.2) is 60.7 Å². The van der Waals surface area contributed by atoms with Gasteiger partial charge in [-0.15, -0.1) is 5.92 Å². The Balaban J connectivity index is 2.15. The molecule has 0 bridgehead atoms. The predicted octanol–water partition coefficient (Wildman–Crippen LogP) is 5.15. The van der Waals surface area contributed by atoms with E-state index in [2.05, 4.69) is 79.4 Å². The van der Waals surface area contributed by atoms with Crippen LogP contribution in [0.5, 0.6) is 0 Å². The zero-order valence-corrected chi connectivity index (χ0v) is 12.3. The van der Waals surface area contributed by atoms with E-state index in [4.69, 9.17) is 0 Å². The minimum Gasteiger partial charge on any atom is -0.105 e. The van der Waals surface area contributed by atoms with Gasteiger partial charge in [-0.25, -0.2) is 0 Å². The first-order valence-corrected chi connectivity index (χ1v) is 7.31. The molecule has 0 aromatic heterocycles. The molecule has 0 aliphatic heterocycles. The van der Waals surface area contributed by atoms with Crippen molar-refractivity contribution >= 4 is 10.8 Å². The first kappa shape index (κ1) is 12.2. The summed E-state index contributed by atoms with van der Waals surface area (Å²) in [6.07, 6.45) is 0. The van der Waals surface area contributed by atoms with Crippen LogP contribution in [0.3, 0.4) is 0 Å². The highest BCUT2D eigenvalue weighted by atomic mass is 14.4. The maximum absolute atomic E-state index is 3.45. The van der Waals surface area contributed by atoms with E-state index in [1.165, 1.54) is 33.0 Å². The van der Waals surface area contributed by atoms with Crippen molar-refractivity contribution in [1.82, 2.24) is 0 Å². The predicted molar refractivity (Wildman–Crippen MR) is 89.3 cm³/mol. The van der Waals surface area contributed by atoms with Crippen molar-refractivity contribution in [1.29, 1.82) is 0 Å². The van der Waals surface area contributed by atoms with E-state index in [1.807, 2.05) is 6.92 Å². The molecule has 3 aromatic carbocycles. The summed E-state index contributed by atoms with van der Waals surface area (Å²) in [5.41, 5.74) is 5.10. The van der Waals surface area contributed by atoms with Gasteiger partial charge in [0.15, 0.2) is 0 Å². The van der Waals surface area contributed by atoms with Crippen molar-refractivity contribution in [2.24, 2.45) is 0 Å². The Labute approximate surface area is 125 Å². The Morgan fingerprint density at radius 3 is 2.19 bits per heavy atom. The van der Waals surface area contributed by atoms with E-state index in [-0.39, 0.29) is 5.41 Å². The molecule has 21 heavy (non-hydrogen) atoms. The molecule has 0 N–H and O–H groups in total. The minimum absolute atomic E-state index is 0.204. The maximum Gasteiger partial charge on any atom is 0.0795 e. The molecule has 0 nitrogen and oxygen atoms in total. The van der Waals surface area contributed by atoms with Gasteiger partial charge < -0.3 is 0 Å². The molecule has 0 fully saturated rings. The molecular weight excluding hydrogens is 252 g/mol. The van der Waals surface area contributed by atoms with Crippen molar-refractivity contribution in [3.05, 3.63) is 71.8 Å². The average Bonchev–Trinajstić information content (AvgIpc) is 2.76. The Hall–Kier alpha value is -2.52. The molecule has 0 unspecified atom stereocenters. The van der Waals surface area contributed by atoms with Crippen LogP contribution < -0.4 is 0 Å². The second kappa shape index (κ2) is 4.24. The van der Waals surface area contributed by atoms with Crippen molar-refractivity contribution in [2.75, 3.05) is 0 Å². The first-order chi connectivity index (χ1) is 10.2. The molecule has 0 saturated carbocycles. The number of fused-ring (bicyclic) bond motifs is 4. The fourth-order valence-corrected chi connectivity index (χ4v) is 3.56. The molecule has 0 spiro atoms. The zero-order chi connectivity index (χ0) is 14.4. The molecule has 3 aromatic rings. The molecular formula is C21H16. The standard InChI is InChI=1S/C21H16/c1-3-12-21(2)19-11-7-6-10-17(19)18-13-15-8-4-5-9-16(15)14-20(18)21/h4-11,13-14H,1-2H3/t21-/m1/s1. The third kappa shape index (κ3) is 1.58. The Kier molecular flexibility index (Phi) is 2.47. The molecule has 1 atom stereocenters. The number of rotatable bonds is 0. The van der Waals surface area contributed by atoms with Crippen molar-refractivity contribution in [3.8, 4) is 23.0 Å². The van der Waals surface area contributed by atoms with E-state index in [0.29, 0.717) is 0 Å². The second-order valence-electron chi connectivity index (χ2n) is 5.79. The van der Waals surface area contributed by atoms with Gasteiger partial charge in [-0.2, -0.15) is 0 Å². The number of hydrogen-bond acceptors (Lipinski definition) is 0. The van der Waals surface area contributed by atoms with Gasteiger partial charge in [-0.3, -0.25) is 0 Å². The Morgan fingerprint density at radius 1 is 0.762 bits per heavy atom. The summed E-state index contributed by atoms with van der Waals surface area (Å²) in [5, 5.41) is 2.58. The monoisotopic (exact) mass is 268 g/mol. The van der Waals surface area contributed by atoms with Crippen LogP contribution in [0.2, 0.25) is 0 Å². The van der Waals surface area contributed by atoms with Gasteiger partial charge in [0.2, 0.25) is 0 Å². The van der Waals surface area contributed by atoms with Gasteiger partial charge in [0.25, 0.3) is 0 Å². The van der Waals surface area contributed by atoms with Gasteiger partial charge in [0, 0.05) is 0 Å². The summed E-state index contributed by atoms with van der Waals surface area (Å²) in [6, 6.07) is 21.8. The van der Waals surface area contributed by atoms with Crippen LogP contribution in [-0.4, -0.2) is 0 Å². The molecule has 1 aliphatic rings. The number of benzene rings is 3. The fourth-order valence-electron chi connectivity index (χ4n) is 3.56. The van der Waals surface area contributed by atoms with Gasteiger partial charge >= 0.3 is 0 Å². The summed E-state index contributed by atoms with van der Waals surface area (Å²) in [7, 11) is 0. The lowest BCUT2D eigenvalue weighted by Crippen LogP contribution is -2.17. The molecule has 4 rings (SSSR count). The van der Waals surface area contributed by atoms with Crippen LogP contribution in [0.4, 0.5) is 0 Å². The van der Waals surface area contributed by atoms with Crippen LogP contribution in [-0.2, 0) is 5.41 Å². The molecule has 1 aliphatic carbocycles. The van der Waals surface area contributed by atoms with E-state index >= 15 is 0 Å². The van der Waals surface area contributed by atoms with Crippen LogP contribution in [0.1, 0.15) is 25.0 Å². The highest BCUT2D eigenvalue weighted by Gasteiger charge is 2.37. The van der Waals surface area contributed by atoms with Crippen molar-refractivity contribution < 1.29 is 0 Å². The first-order valence-electron chi connectivity index (χ1n) is 7.31. The maximum atomic E-state index is 3.45. The zero-order valence-electron chi connectivity index (χ0n) is 12.3. The van der Waals surface area contributed by atoms with Crippen molar-refractivity contribution in [3.63, 3.8) is 0 Å². The topological polar surface area (TPSA) is 0 Å². The lowest BCUT2D eigenvalue weighted by Gasteiger charge is -2.20. The summed E-state index contributed by atoms with van der Waals surface area (Å²) in [5.74, 6) is 6.58. The molecule has 0 saturated heterocycles. The van der Waals surface area contributed by atoms with Gasteiger partial charge in [-0.1, -0.05) is 54.5 Å². The average molecular weight is 268 g/mol. The summed E-state index contributed by atoms with van der Waals surface area (Å²) >= 11 is 0.